The molecule has 23 heavy (non-hydrogen) atoms. The van der Waals surface area contributed by atoms with Crippen molar-refractivity contribution in [2.24, 2.45) is 5.92 Å². The first-order valence-corrected chi connectivity index (χ1v) is 11.0. The number of unbranched alkanes of at least 4 members (excludes halogenated alkanes) is 13. The highest BCUT2D eigenvalue weighted by atomic mass is 14.2. The topological polar surface area (TPSA) is 0 Å². The van der Waals surface area contributed by atoms with Gasteiger partial charge >= 0.3 is 0 Å². The predicted octanol–water partition coefficient (Wildman–Crippen LogP) is 8.89. The van der Waals surface area contributed by atoms with Gasteiger partial charge in [-0.15, -0.1) is 0 Å². The minimum absolute atomic E-state index is 0.900. The zero-order chi connectivity index (χ0) is 17.2. The molecule has 0 aliphatic rings. The Labute approximate surface area is 149 Å². The Morgan fingerprint density at radius 3 is 1.22 bits per heavy atom. The Kier molecular flexibility index (Phi) is 18.3. The van der Waals surface area contributed by atoms with E-state index >= 15 is 0 Å². The second-order valence-corrected chi connectivity index (χ2v) is 7.95. The van der Waals surface area contributed by atoms with Crippen LogP contribution >= 0.6 is 0 Å². The lowest BCUT2D eigenvalue weighted by Gasteiger charge is -2.19. The van der Waals surface area contributed by atoms with Crippen molar-refractivity contribution in [3.05, 3.63) is 5.92 Å². The lowest BCUT2D eigenvalue weighted by molar-refractivity contribution is 0.433. The van der Waals surface area contributed by atoms with Crippen molar-refractivity contribution < 1.29 is 0 Å². The molecule has 0 aromatic rings. The molecule has 0 amide bonds. The van der Waals surface area contributed by atoms with E-state index in [-0.39, 0.29) is 0 Å². The molecule has 0 bridgehead atoms. The van der Waals surface area contributed by atoms with Crippen LogP contribution < -0.4 is 0 Å². The van der Waals surface area contributed by atoms with Gasteiger partial charge in [0.2, 0.25) is 0 Å². The van der Waals surface area contributed by atoms with Gasteiger partial charge in [-0.05, 0) is 18.3 Å². The van der Waals surface area contributed by atoms with E-state index in [4.69, 9.17) is 0 Å². The Morgan fingerprint density at radius 2 is 0.870 bits per heavy atom. The fraction of sp³-hybridized carbons (Fsp3) is 0.957. The maximum atomic E-state index is 2.32. The summed E-state index contributed by atoms with van der Waals surface area (Å²) in [6.45, 7) is 9.27. The van der Waals surface area contributed by atoms with Crippen LogP contribution in [0.3, 0.4) is 0 Å². The van der Waals surface area contributed by atoms with Crippen molar-refractivity contribution >= 4 is 0 Å². The van der Waals surface area contributed by atoms with E-state index in [1.807, 2.05) is 0 Å². The summed E-state index contributed by atoms with van der Waals surface area (Å²) in [5.74, 6) is 2.55. The first kappa shape index (κ1) is 23.0. The van der Waals surface area contributed by atoms with Crippen LogP contribution in [0.25, 0.3) is 0 Å². The molecule has 0 aliphatic carbocycles. The molecule has 0 heterocycles. The van der Waals surface area contributed by atoms with Crippen LogP contribution in [0.4, 0.5) is 0 Å². The summed E-state index contributed by atoms with van der Waals surface area (Å²) >= 11 is 0. The molecule has 0 saturated carbocycles. The molecule has 0 rings (SSSR count). The Morgan fingerprint density at radius 1 is 0.478 bits per heavy atom. The van der Waals surface area contributed by atoms with E-state index in [2.05, 4.69) is 27.7 Å². The molecule has 1 unspecified atom stereocenters. The average Bonchev–Trinajstić information content (AvgIpc) is 2.54. The SMILES string of the molecule is CCCCCCCCCCCCCCCCC(CCC)[C](C)C. The zero-order valence-electron chi connectivity index (χ0n) is 17.1. The van der Waals surface area contributed by atoms with Gasteiger partial charge in [-0.3, -0.25) is 0 Å². The van der Waals surface area contributed by atoms with Crippen LogP contribution in [0.5, 0.6) is 0 Å². The van der Waals surface area contributed by atoms with Gasteiger partial charge in [-0.1, -0.05) is 130 Å². The summed E-state index contributed by atoms with van der Waals surface area (Å²) in [7, 11) is 0. The van der Waals surface area contributed by atoms with Gasteiger partial charge in [0.1, 0.15) is 0 Å². The molecule has 1 atom stereocenters. The van der Waals surface area contributed by atoms with Gasteiger partial charge in [-0.25, -0.2) is 0 Å². The van der Waals surface area contributed by atoms with Crippen molar-refractivity contribution in [3.8, 4) is 0 Å². The van der Waals surface area contributed by atoms with Gasteiger partial charge in [0, 0.05) is 0 Å². The largest absolute Gasteiger partial charge is 0.0654 e. The highest BCUT2D eigenvalue weighted by Crippen LogP contribution is 2.25. The standard InChI is InChI=1S/C23H47/c1-5-7-8-9-10-11-12-13-14-15-16-17-18-19-21-23(20-6-2)22(3)4/h23H,5-21H2,1-4H3. The molecule has 0 aromatic carbocycles. The summed E-state index contributed by atoms with van der Waals surface area (Å²) in [5.41, 5.74) is 0. The van der Waals surface area contributed by atoms with E-state index in [9.17, 15) is 0 Å². The fourth-order valence-corrected chi connectivity index (χ4v) is 3.66. The van der Waals surface area contributed by atoms with E-state index in [1.165, 1.54) is 109 Å². The van der Waals surface area contributed by atoms with Gasteiger partial charge in [-0.2, -0.15) is 0 Å². The number of hydrogen-bond acceptors (Lipinski definition) is 0. The molecular formula is C23H47. The number of hydrogen-bond donors (Lipinski definition) is 0. The van der Waals surface area contributed by atoms with Crippen LogP contribution in [-0.4, -0.2) is 0 Å². The van der Waals surface area contributed by atoms with E-state index in [1.54, 1.807) is 5.92 Å². The van der Waals surface area contributed by atoms with Gasteiger partial charge in [0.15, 0.2) is 0 Å². The van der Waals surface area contributed by atoms with E-state index in [0.29, 0.717) is 0 Å². The number of rotatable bonds is 18. The van der Waals surface area contributed by atoms with Crippen molar-refractivity contribution in [2.75, 3.05) is 0 Å². The molecule has 0 spiro atoms. The molecule has 0 aromatic heterocycles. The molecule has 0 heteroatoms. The predicted molar refractivity (Wildman–Crippen MR) is 108 cm³/mol. The summed E-state index contributed by atoms with van der Waals surface area (Å²) < 4.78 is 0. The molecule has 0 nitrogen and oxygen atoms in total. The molecule has 0 saturated heterocycles. The maximum Gasteiger partial charge on any atom is -0.0272 e. The van der Waals surface area contributed by atoms with Crippen molar-refractivity contribution in [1.82, 2.24) is 0 Å². The molecular weight excluding hydrogens is 276 g/mol. The summed E-state index contributed by atoms with van der Waals surface area (Å²) in [4.78, 5) is 0. The lowest BCUT2D eigenvalue weighted by Crippen LogP contribution is -2.06. The van der Waals surface area contributed by atoms with Crippen LogP contribution in [-0.2, 0) is 0 Å². The maximum absolute atomic E-state index is 2.32. The second-order valence-electron chi connectivity index (χ2n) is 7.95. The lowest BCUT2D eigenvalue weighted by atomic mass is 9.86. The second kappa shape index (κ2) is 18.3. The van der Waals surface area contributed by atoms with Crippen molar-refractivity contribution in [1.29, 1.82) is 0 Å². The van der Waals surface area contributed by atoms with Gasteiger partial charge in [0.05, 0.1) is 0 Å². The summed E-state index contributed by atoms with van der Waals surface area (Å²) in [5, 5.41) is 0. The Bertz CT molecular complexity index is 206. The zero-order valence-corrected chi connectivity index (χ0v) is 17.1. The fourth-order valence-electron chi connectivity index (χ4n) is 3.66. The molecule has 139 valence electrons. The van der Waals surface area contributed by atoms with E-state index in [0.717, 1.165) is 5.92 Å². The Hall–Kier alpha value is 0. The minimum Gasteiger partial charge on any atom is -0.0654 e. The van der Waals surface area contributed by atoms with Crippen LogP contribution in [0.1, 0.15) is 137 Å². The molecule has 0 fully saturated rings. The quantitative estimate of drug-likeness (QED) is 0.221. The minimum atomic E-state index is 0.900. The van der Waals surface area contributed by atoms with Crippen LogP contribution in [0, 0.1) is 11.8 Å². The van der Waals surface area contributed by atoms with Crippen LogP contribution in [0.15, 0.2) is 0 Å². The normalized spacial score (nSPS) is 12.9. The first-order valence-electron chi connectivity index (χ1n) is 11.0. The highest BCUT2D eigenvalue weighted by molar-refractivity contribution is 4.86. The summed E-state index contributed by atoms with van der Waals surface area (Å²) in [6, 6.07) is 0. The van der Waals surface area contributed by atoms with E-state index < -0.39 is 0 Å². The third-order valence-corrected chi connectivity index (χ3v) is 5.36. The molecule has 0 N–H and O–H groups in total. The third-order valence-electron chi connectivity index (χ3n) is 5.36. The smallest absolute Gasteiger partial charge is 0.0272 e. The van der Waals surface area contributed by atoms with Crippen molar-refractivity contribution in [3.63, 3.8) is 0 Å². The van der Waals surface area contributed by atoms with Gasteiger partial charge in [0.25, 0.3) is 0 Å². The van der Waals surface area contributed by atoms with Crippen LogP contribution in [0.2, 0.25) is 0 Å². The molecule has 1 radical (unpaired) electrons. The highest BCUT2D eigenvalue weighted by Gasteiger charge is 2.11. The summed E-state index contributed by atoms with van der Waals surface area (Å²) in [6.07, 6.45) is 24.7. The monoisotopic (exact) mass is 323 g/mol. The average molecular weight is 324 g/mol. The molecule has 0 aliphatic heterocycles. The first-order chi connectivity index (χ1) is 11.2. The Balaban J connectivity index is 3.18. The van der Waals surface area contributed by atoms with Crippen molar-refractivity contribution in [2.45, 2.75) is 137 Å². The third kappa shape index (κ3) is 16.6. The van der Waals surface area contributed by atoms with Gasteiger partial charge < -0.3 is 0 Å².